The van der Waals surface area contributed by atoms with Crippen molar-refractivity contribution in [3.8, 4) is 5.75 Å². The Morgan fingerprint density at radius 2 is 2.00 bits per heavy atom. The van der Waals surface area contributed by atoms with Gasteiger partial charge in [0.25, 0.3) is 0 Å². The third-order valence-corrected chi connectivity index (χ3v) is 2.41. The Labute approximate surface area is 89.9 Å². The van der Waals surface area contributed by atoms with Crippen molar-refractivity contribution in [1.29, 1.82) is 0 Å². The number of benzene rings is 1. The molecule has 3 N–H and O–H groups in total. The van der Waals surface area contributed by atoms with E-state index in [9.17, 15) is 4.79 Å². The van der Waals surface area contributed by atoms with E-state index in [1.165, 1.54) is 5.56 Å². The number of aromatic hydroxyl groups is 1. The van der Waals surface area contributed by atoms with E-state index in [1.54, 1.807) is 12.1 Å². The zero-order valence-corrected chi connectivity index (χ0v) is 8.94. The van der Waals surface area contributed by atoms with E-state index in [4.69, 9.17) is 10.8 Å². The molecule has 0 saturated heterocycles. The molecule has 0 radical (unpaired) electrons. The van der Waals surface area contributed by atoms with E-state index in [-0.39, 0.29) is 11.7 Å². The Morgan fingerprint density at radius 3 is 2.53 bits per heavy atom. The van der Waals surface area contributed by atoms with E-state index >= 15 is 0 Å². The van der Waals surface area contributed by atoms with Gasteiger partial charge in [-0.15, -0.1) is 0 Å². The summed E-state index contributed by atoms with van der Waals surface area (Å²) in [6.07, 6.45) is 2.29. The molecule has 1 atom stereocenters. The fourth-order valence-corrected chi connectivity index (χ4v) is 1.52. The van der Waals surface area contributed by atoms with Crippen LogP contribution in [-0.2, 0) is 11.2 Å². The number of carbonyl (C=O) groups excluding carboxylic acids is 1. The number of rotatable bonds is 5. The van der Waals surface area contributed by atoms with Crippen LogP contribution in [0.4, 0.5) is 0 Å². The first kappa shape index (κ1) is 11.6. The maximum Gasteiger partial charge on any atom is 0.217 e. The second kappa shape index (κ2) is 5.39. The third-order valence-electron chi connectivity index (χ3n) is 2.41. The lowest BCUT2D eigenvalue weighted by molar-refractivity contribution is -0.118. The van der Waals surface area contributed by atoms with Crippen LogP contribution < -0.4 is 5.73 Å². The van der Waals surface area contributed by atoms with Crippen LogP contribution in [0.1, 0.15) is 25.3 Å². The first-order valence-electron chi connectivity index (χ1n) is 5.14. The summed E-state index contributed by atoms with van der Waals surface area (Å²) >= 11 is 0. The second-order valence-corrected chi connectivity index (χ2v) is 3.98. The van der Waals surface area contributed by atoms with Gasteiger partial charge in [-0.3, -0.25) is 4.79 Å². The average molecular weight is 207 g/mol. The summed E-state index contributed by atoms with van der Waals surface area (Å²) in [5.41, 5.74) is 6.28. The lowest BCUT2D eigenvalue weighted by Crippen LogP contribution is -2.14. The number of nitrogens with two attached hydrogens (primary N) is 1. The molecule has 1 aromatic rings. The summed E-state index contributed by atoms with van der Waals surface area (Å²) < 4.78 is 0. The molecule has 3 heteroatoms. The van der Waals surface area contributed by atoms with Gasteiger partial charge in [0.2, 0.25) is 5.91 Å². The smallest absolute Gasteiger partial charge is 0.217 e. The quantitative estimate of drug-likeness (QED) is 0.773. The number of carbonyl (C=O) groups is 1. The van der Waals surface area contributed by atoms with Crippen molar-refractivity contribution in [2.45, 2.75) is 26.2 Å². The van der Waals surface area contributed by atoms with Crippen LogP contribution in [0.15, 0.2) is 24.3 Å². The van der Waals surface area contributed by atoms with E-state index in [0.29, 0.717) is 12.3 Å². The van der Waals surface area contributed by atoms with Crippen molar-refractivity contribution in [2.24, 2.45) is 11.7 Å². The van der Waals surface area contributed by atoms with Gasteiger partial charge >= 0.3 is 0 Å². The Kier molecular flexibility index (Phi) is 4.16. The Morgan fingerprint density at radius 1 is 1.40 bits per heavy atom. The van der Waals surface area contributed by atoms with E-state index in [2.05, 4.69) is 0 Å². The molecule has 0 unspecified atom stereocenters. The molecule has 82 valence electrons. The number of hydrogen-bond acceptors (Lipinski definition) is 2. The minimum Gasteiger partial charge on any atom is -0.508 e. The summed E-state index contributed by atoms with van der Waals surface area (Å²) in [5.74, 6) is 0.355. The summed E-state index contributed by atoms with van der Waals surface area (Å²) in [5, 5.41) is 9.09. The molecule has 0 saturated carbocycles. The molecular weight excluding hydrogens is 190 g/mol. The number of phenols is 1. The van der Waals surface area contributed by atoms with Gasteiger partial charge in [0.15, 0.2) is 0 Å². The van der Waals surface area contributed by atoms with Gasteiger partial charge < -0.3 is 10.8 Å². The van der Waals surface area contributed by atoms with Crippen molar-refractivity contribution in [3.63, 3.8) is 0 Å². The predicted octanol–water partition coefficient (Wildman–Crippen LogP) is 1.84. The molecule has 0 aliphatic rings. The van der Waals surface area contributed by atoms with E-state index < -0.39 is 0 Å². The summed E-state index contributed by atoms with van der Waals surface area (Å²) in [7, 11) is 0. The molecule has 15 heavy (non-hydrogen) atoms. The van der Waals surface area contributed by atoms with Gasteiger partial charge in [0.05, 0.1) is 0 Å². The van der Waals surface area contributed by atoms with Gasteiger partial charge in [0, 0.05) is 6.42 Å². The Hall–Kier alpha value is -1.51. The Balaban J connectivity index is 2.36. The molecule has 0 fully saturated rings. The van der Waals surface area contributed by atoms with Crippen molar-refractivity contribution < 1.29 is 9.90 Å². The van der Waals surface area contributed by atoms with Crippen LogP contribution in [0, 0.1) is 5.92 Å². The highest BCUT2D eigenvalue weighted by atomic mass is 16.3. The van der Waals surface area contributed by atoms with Crippen molar-refractivity contribution in [3.05, 3.63) is 29.8 Å². The highest BCUT2D eigenvalue weighted by molar-refractivity contribution is 5.73. The first-order chi connectivity index (χ1) is 7.08. The SMILES string of the molecule is C[C@@H](CCc1ccc(O)cc1)CC(N)=O. The number of hydrogen-bond donors (Lipinski definition) is 2. The largest absolute Gasteiger partial charge is 0.508 e. The summed E-state index contributed by atoms with van der Waals surface area (Å²) in [4.78, 5) is 10.7. The standard InChI is InChI=1S/C12H17NO2/c1-9(8-12(13)15)2-3-10-4-6-11(14)7-5-10/h4-7,9,14H,2-3,8H2,1H3,(H2,13,15)/t9-/m0/s1. The highest BCUT2D eigenvalue weighted by Gasteiger charge is 2.06. The molecule has 1 amide bonds. The van der Waals surface area contributed by atoms with Crippen LogP contribution in [0.2, 0.25) is 0 Å². The minimum atomic E-state index is -0.242. The maximum absolute atomic E-state index is 10.7. The normalized spacial score (nSPS) is 12.3. The molecule has 0 spiro atoms. The van der Waals surface area contributed by atoms with Gasteiger partial charge in [0.1, 0.15) is 5.75 Å². The van der Waals surface area contributed by atoms with Gasteiger partial charge in [-0.25, -0.2) is 0 Å². The zero-order valence-electron chi connectivity index (χ0n) is 8.94. The molecule has 0 aliphatic heterocycles. The fraction of sp³-hybridized carbons (Fsp3) is 0.417. The molecule has 0 aromatic heterocycles. The predicted molar refractivity (Wildman–Crippen MR) is 59.4 cm³/mol. The number of aryl methyl sites for hydroxylation is 1. The zero-order chi connectivity index (χ0) is 11.3. The molecular formula is C12H17NO2. The van der Waals surface area contributed by atoms with Crippen LogP contribution >= 0.6 is 0 Å². The van der Waals surface area contributed by atoms with E-state index in [0.717, 1.165) is 12.8 Å². The molecule has 0 aliphatic carbocycles. The minimum absolute atomic E-state index is 0.242. The van der Waals surface area contributed by atoms with Crippen LogP contribution in [0.5, 0.6) is 5.75 Å². The average Bonchev–Trinajstić information content (AvgIpc) is 2.16. The van der Waals surface area contributed by atoms with Crippen molar-refractivity contribution in [1.82, 2.24) is 0 Å². The molecule has 0 bridgehead atoms. The Bertz CT molecular complexity index is 319. The van der Waals surface area contributed by atoms with Gasteiger partial charge in [-0.1, -0.05) is 19.1 Å². The maximum atomic E-state index is 10.7. The topological polar surface area (TPSA) is 63.3 Å². The summed E-state index contributed by atoms with van der Waals surface area (Å²) in [6, 6.07) is 7.14. The van der Waals surface area contributed by atoms with Crippen LogP contribution in [0.25, 0.3) is 0 Å². The van der Waals surface area contributed by atoms with Crippen molar-refractivity contribution >= 4 is 5.91 Å². The van der Waals surface area contributed by atoms with Crippen LogP contribution in [0.3, 0.4) is 0 Å². The number of primary amides is 1. The van der Waals surface area contributed by atoms with Gasteiger partial charge in [-0.2, -0.15) is 0 Å². The van der Waals surface area contributed by atoms with E-state index in [1.807, 2.05) is 19.1 Å². The van der Waals surface area contributed by atoms with Gasteiger partial charge in [-0.05, 0) is 36.5 Å². The monoisotopic (exact) mass is 207 g/mol. The summed E-state index contributed by atoms with van der Waals surface area (Å²) in [6.45, 7) is 2.02. The van der Waals surface area contributed by atoms with Crippen molar-refractivity contribution in [2.75, 3.05) is 0 Å². The number of phenolic OH excluding ortho intramolecular Hbond substituents is 1. The second-order valence-electron chi connectivity index (χ2n) is 3.98. The first-order valence-corrected chi connectivity index (χ1v) is 5.14. The lowest BCUT2D eigenvalue weighted by Gasteiger charge is -2.08. The molecule has 0 heterocycles. The highest BCUT2D eigenvalue weighted by Crippen LogP contribution is 2.15. The third kappa shape index (κ3) is 4.49. The molecule has 1 aromatic carbocycles. The fourth-order valence-electron chi connectivity index (χ4n) is 1.52. The van der Waals surface area contributed by atoms with Crippen LogP contribution in [-0.4, -0.2) is 11.0 Å². The lowest BCUT2D eigenvalue weighted by atomic mass is 9.98. The molecule has 1 rings (SSSR count). The molecule has 3 nitrogen and oxygen atoms in total. The number of amides is 1.